The molecule has 0 saturated heterocycles. The maximum Gasteiger partial charge on any atom is 0.264 e. The molecule has 3 rings (SSSR count). The van der Waals surface area contributed by atoms with E-state index in [1.807, 2.05) is 37.4 Å². The zero-order valence-electron chi connectivity index (χ0n) is 12.4. The molecule has 2 heterocycles. The van der Waals surface area contributed by atoms with Crippen LogP contribution in [0.15, 0.2) is 47.8 Å². The molecule has 106 valence electrons. The minimum Gasteiger partial charge on any atom is -0.268 e. The third-order valence-corrected chi connectivity index (χ3v) is 3.67. The number of fused-ring (bicyclic) bond motifs is 1. The van der Waals surface area contributed by atoms with Crippen LogP contribution in [-0.2, 0) is 0 Å². The lowest BCUT2D eigenvalue weighted by molar-refractivity contribution is 0.836. The van der Waals surface area contributed by atoms with Gasteiger partial charge in [0.1, 0.15) is 12.1 Å². The number of hydrogen-bond donors (Lipinski definition) is 0. The molecule has 0 amide bonds. The number of pyridine rings is 1. The Kier molecular flexibility index (Phi) is 3.29. The summed E-state index contributed by atoms with van der Waals surface area (Å²) in [6, 6.07) is 7.73. The molecular weight excluding hydrogens is 262 g/mol. The first-order valence-corrected chi connectivity index (χ1v) is 7.01. The van der Waals surface area contributed by atoms with Crippen molar-refractivity contribution in [3.8, 4) is 5.82 Å². The molecule has 0 N–H and O–H groups in total. The lowest BCUT2D eigenvalue weighted by Gasteiger charge is -2.15. The van der Waals surface area contributed by atoms with E-state index in [0.717, 1.165) is 21.9 Å². The highest BCUT2D eigenvalue weighted by atomic mass is 16.1. The monoisotopic (exact) mass is 279 g/mol. The summed E-state index contributed by atoms with van der Waals surface area (Å²) >= 11 is 0. The van der Waals surface area contributed by atoms with Crippen LogP contribution in [0.3, 0.4) is 0 Å². The Hall–Kier alpha value is -2.49. The van der Waals surface area contributed by atoms with Gasteiger partial charge in [-0.15, -0.1) is 0 Å². The molecule has 21 heavy (non-hydrogen) atoms. The first-order chi connectivity index (χ1) is 10.1. The summed E-state index contributed by atoms with van der Waals surface area (Å²) in [4.78, 5) is 21.0. The molecular formula is C17H17N3O. The van der Waals surface area contributed by atoms with Crippen molar-refractivity contribution >= 4 is 10.8 Å². The molecule has 2 aromatic heterocycles. The zero-order valence-corrected chi connectivity index (χ0v) is 12.4. The predicted octanol–water partition coefficient (Wildman–Crippen LogP) is 3.21. The molecule has 0 bridgehead atoms. The van der Waals surface area contributed by atoms with Gasteiger partial charge in [0.15, 0.2) is 0 Å². The topological polar surface area (TPSA) is 47.8 Å². The maximum atomic E-state index is 12.8. The van der Waals surface area contributed by atoms with Crippen LogP contribution < -0.4 is 5.56 Å². The number of aryl methyl sites for hydroxylation is 1. The van der Waals surface area contributed by atoms with E-state index in [1.165, 1.54) is 6.33 Å². The van der Waals surface area contributed by atoms with E-state index in [4.69, 9.17) is 0 Å². The molecule has 1 aromatic carbocycles. The fourth-order valence-electron chi connectivity index (χ4n) is 2.58. The van der Waals surface area contributed by atoms with Crippen LogP contribution in [-0.4, -0.2) is 14.5 Å². The van der Waals surface area contributed by atoms with E-state index in [1.54, 1.807) is 10.8 Å². The van der Waals surface area contributed by atoms with Crippen molar-refractivity contribution < 1.29 is 0 Å². The molecule has 0 spiro atoms. The van der Waals surface area contributed by atoms with Gasteiger partial charge in [-0.1, -0.05) is 32.0 Å². The average molecular weight is 279 g/mol. The van der Waals surface area contributed by atoms with Crippen LogP contribution in [0, 0.1) is 6.92 Å². The van der Waals surface area contributed by atoms with Crippen molar-refractivity contribution in [3.63, 3.8) is 0 Å². The normalized spacial score (nSPS) is 11.2. The first-order valence-electron chi connectivity index (χ1n) is 7.01. The van der Waals surface area contributed by atoms with Crippen LogP contribution in [0.1, 0.15) is 30.9 Å². The summed E-state index contributed by atoms with van der Waals surface area (Å²) in [6.07, 6.45) is 5.10. The molecule has 0 atom stereocenters. The second kappa shape index (κ2) is 5.13. The summed E-state index contributed by atoms with van der Waals surface area (Å²) in [5.74, 6) is 0.964. The van der Waals surface area contributed by atoms with Gasteiger partial charge in [-0.2, -0.15) is 0 Å². The van der Waals surface area contributed by atoms with Crippen LogP contribution in [0.25, 0.3) is 16.6 Å². The van der Waals surface area contributed by atoms with E-state index < -0.39 is 0 Å². The molecule has 0 fully saturated rings. The second-order valence-electron chi connectivity index (χ2n) is 5.49. The Bertz CT molecular complexity index is 865. The van der Waals surface area contributed by atoms with Gasteiger partial charge in [-0.05, 0) is 29.9 Å². The number of benzene rings is 1. The van der Waals surface area contributed by atoms with Crippen molar-refractivity contribution in [1.29, 1.82) is 0 Å². The van der Waals surface area contributed by atoms with Crippen molar-refractivity contribution in [2.75, 3.05) is 0 Å². The predicted molar refractivity (Wildman–Crippen MR) is 84.0 cm³/mol. The third-order valence-electron chi connectivity index (χ3n) is 3.67. The zero-order chi connectivity index (χ0) is 15.0. The highest BCUT2D eigenvalue weighted by Gasteiger charge is 2.13. The molecule has 3 aromatic rings. The SMILES string of the molecule is Cc1cncnc1-n1cc(C(C)C)c2ccccc2c1=O. The highest BCUT2D eigenvalue weighted by molar-refractivity contribution is 5.85. The van der Waals surface area contributed by atoms with Crippen LogP contribution in [0.2, 0.25) is 0 Å². The van der Waals surface area contributed by atoms with Crippen molar-refractivity contribution in [1.82, 2.24) is 14.5 Å². The van der Waals surface area contributed by atoms with Gasteiger partial charge in [0.25, 0.3) is 5.56 Å². The lowest BCUT2D eigenvalue weighted by atomic mass is 9.98. The largest absolute Gasteiger partial charge is 0.268 e. The Morgan fingerprint density at radius 2 is 1.86 bits per heavy atom. The minimum atomic E-state index is -0.0446. The molecule has 4 nitrogen and oxygen atoms in total. The van der Waals surface area contributed by atoms with Gasteiger partial charge in [0.05, 0.1) is 0 Å². The molecule has 0 unspecified atom stereocenters. The van der Waals surface area contributed by atoms with Crippen molar-refractivity contribution in [2.24, 2.45) is 0 Å². The van der Waals surface area contributed by atoms with Crippen molar-refractivity contribution in [2.45, 2.75) is 26.7 Å². The first kappa shape index (κ1) is 13.5. The Morgan fingerprint density at radius 3 is 2.52 bits per heavy atom. The smallest absolute Gasteiger partial charge is 0.264 e. The minimum absolute atomic E-state index is 0.0446. The van der Waals surface area contributed by atoms with Crippen LogP contribution in [0.5, 0.6) is 0 Å². The van der Waals surface area contributed by atoms with Crippen LogP contribution in [0.4, 0.5) is 0 Å². The Morgan fingerprint density at radius 1 is 1.14 bits per heavy atom. The number of aromatic nitrogens is 3. The van der Waals surface area contributed by atoms with E-state index in [0.29, 0.717) is 11.7 Å². The second-order valence-corrected chi connectivity index (χ2v) is 5.49. The van der Waals surface area contributed by atoms with Gasteiger partial charge >= 0.3 is 0 Å². The maximum absolute atomic E-state index is 12.8. The van der Waals surface area contributed by atoms with Gasteiger partial charge in [-0.25, -0.2) is 9.97 Å². The molecule has 4 heteroatoms. The quantitative estimate of drug-likeness (QED) is 0.723. The number of hydrogen-bond acceptors (Lipinski definition) is 3. The standard InChI is InChI=1S/C17H17N3O/c1-11(2)15-9-20(16-12(3)8-18-10-19-16)17(21)14-7-5-4-6-13(14)15/h4-11H,1-3H3. The average Bonchev–Trinajstić information content (AvgIpc) is 2.48. The van der Waals surface area contributed by atoms with Gasteiger partial charge in [0.2, 0.25) is 0 Å². The van der Waals surface area contributed by atoms with Gasteiger partial charge in [-0.3, -0.25) is 9.36 Å². The summed E-state index contributed by atoms with van der Waals surface area (Å²) in [5.41, 5.74) is 1.98. The summed E-state index contributed by atoms with van der Waals surface area (Å²) in [7, 11) is 0. The molecule has 0 aliphatic heterocycles. The van der Waals surface area contributed by atoms with Crippen molar-refractivity contribution in [3.05, 3.63) is 64.5 Å². The number of nitrogens with zero attached hydrogens (tertiary/aromatic N) is 3. The fourth-order valence-corrected chi connectivity index (χ4v) is 2.58. The van der Waals surface area contributed by atoms with Gasteiger partial charge in [0, 0.05) is 23.3 Å². The van der Waals surface area contributed by atoms with Crippen LogP contribution >= 0.6 is 0 Å². The van der Waals surface area contributed by atoms with E-state index in [-0.39, 0.29) is 5.56 Å². The molecule has 0 radical (unpaired) electrons. The highest BCUT2D eigenvalue weighted by Crippen LogP contribution is 2.24. The number of rotatable bonds is 2. The Labute approximate surface area is 123 Å². The van der Waals surface area contributed by atoms with E-state index in [2.05, 4.69) is 23.8 Å². The summed E-state index contributed by atoms with van der Waals surface area (Å²) < 4.78 is 1.63. The van der Waals surface area contributed by atoms with E-state index >= 15 is 0 Å². The third kappa shape index (κ3) is 2.23. The molecule has 0 aliphatic rings. The fraction of sp³-hybridized carbons (Fsp3) is 0.235. The molecule has 0 saturated carbocycles. The van der Waals surface area contributed by atoms with E-state index in [9.17, 15) is 4.79 Å². The summed E-state index contributed by atoms with van der Waals surface area (Å²) in [5, 5.41) is 1.74. The van der Waals surface area contributed by atoms with Gasteiger partial charge < -0.3 is 0 Å². The Balaban J connectivity index is 2.43. The summed E-state index contributed by atoms with van der Waals surface area (Å²) in [6.45, 7) is 6.17. The lowest BCUT2D eigenvalue weighted by Crippen LogP contribution is -2.21. The molecule has 0 aliphatic carbocycles.